The van der Waals surface area contributed by atoms with Gasteiger partial charge in [0.05, 0.1) is 6.54 Å². The first kappa shape index (κ1) is 14.4. The summed E-state index contributed by atoms with van der Waals surface area (Å²) in [4.78, 5) is 13.6. The Morgan fingerprint density at radius 3 is 2.85 bits per heavy atom. The van der Waals surface area contributed by atoms with Crippen molar-refractivity contribution >= 4 is 6.03 Å². The van der Waals surface area contributed by atoms with Crippen molar-refractivity contribution in [3.05, 3.63) is 35.1 Å². The third-order valence-corrected chi connectivity index (χ3v) is 3.20. The molecule has 0 aliphatic carbocycles. The van der Waals surface area contributed by atoms with Crippen molar-refractivity contribution in [2.75, 3.05) is 19.6 Å². The van der Waals surface area contributed by atoms with Gasteiger partial charge in [-0.3, -0.25) is 0 Å². The van der Waals surface area contributed by atoms with Gasteiger partial charge < -0.3 is 16.0 Å². The zero-order valence-electron chi connectivity index (χ0n) is 11.3. The van der Waals surface area contributed by atoms with Gasteiger partial charge >= 0.3 is 6.03 Å². The first-order chi connectivity index (χ1) is 9.70. The van der Waals surface area contributed by atoms with Crippen LogP contribution in [0.15, 0.2) is 18.2 Å². The highest BCUT2D eigenvalue weighted by molar-refractivity contribution is 5.74. The fraction of sp³-hybridized carbons (Fsp3) is 0.400. The van der Waals surface area contributed by atoms with Gasteiger partial charge in [0.25, 0.3) is 0 Å². The van der Waals surface area contributed by atoms with E-state index in [1.807, 2.05) is 0 Å². The van der Waals surface area contributed by atoms with Crippen LogP contribution in [0.1, 0.15) is 24.0 Å². The zero-order chi connectivity index (χ0) is 14.4. The van der Waals surface area contributed by atoms with Crippen LogP contribution >= 0.6 is 0 Å². The highest BCUT2D eigenvalue weighted by atomic mass is 19.1. The van der Waals surface area contributed by atoms with Gasteiger partial charge in [0.15, 0.2) is 0 Å². The number of likely N-dealkylation sites (tertiary alicyclic amines) is 1. The number of amides is 2. The van der Waals surface area contributed by atoms with Crippen molar-refractivity contribution in [3.8, 4) is 11.8 Å². The number of hydrogen-bond donors (Lipinski definition) is 2. The zero-order valence-corrected chi connectivity index (χ0v) is 11.3. The molecule has 5 heteroatoms. The van der Waals surface area contributed by atoms with Crippen LogP contribution in [-0.4, -0.2) is 30.6 Å². The summed E-state index contributed by atoms with van der Waals surface area (Å²) in [6, 6.07) is 4.46. The summed E-state index contributed by atoms with van der Waals surface area (Å²) in [5.74, 6) is 5.23. The first-order valence-electron chi connectivity index (χ1n) is 6.71. The summed E-state index contributed by atoms with van der Waals surface area (Å²) in [6.45, 7) is 1.98. The van der Waals surface area contributed by atoms with Gasteiger partial charge in [-0.2, -0.15) is 0 Å². The molecule has 0 atom stereocenters. The van der Waals surface area contributed by atoms with E-state index in [-0.39, 0.29) is 24.9 Å². The Hall–Kier alpha value is -2.06. The standard InChI is InChI=1S/C15H18FN3O/c16-14-6-5-12(4-3-7-17)10-13(14)11-18-15(20)19-8-1-2-9-19/h5-6,10H,1-2,7-9,11,17H2,(H,18,20). The Kier molecular flexibility index (Phi) is 4.97. The third-order valence-electron chi connectivity index (χ3n) is 3.20. The minimum absolute atomic E-state index is 0.139. The topological polar surface area (TPSA) is 58.4 Å². The lowest BCUT2D eigenvalue weighted by molar-refractivity contribution is 0.208. The minimum atomic E-state index is -0.343. The number of urea groups is 1. The van der Waals surface area contributed by atoms with Crippen molar-refractivity contribution in [1.82, 2.24) is 10.2 Å². The van der Waals surface area contributed by atoms with Crippen LogP contribution in [0.2, 0.25) is 0 Å². The van der Waals surface area contributed by atoms with Crippen molar-refractivity contribution in [2.24, 2.45) is 5.73 Å². The summed E-state index contributed by atoms with van der Waals surface area (Å²) in [7, 11) is 0. The molecule has 1 saturated heterocycles. The van der Waals surface area contributed by atoms with Gasteiger partial charge in [0.1, 0.15) is 5.82 Å². The van der Waals surface area contributed by atoms with Crippen molar-refractivity contribution in [3.63, 3.8) is 0 Å². The largest absolute Gasteiger partial charge is 0.334 e. The van der Waals surface area contributed by atoms with Gasteiger partial charge in [-0.25, -0.2) is 9.18 Å². The van der Waals surface area contributed by atoms with E-state index in [0.29, 0.717) is 11.1 Å². The molecule has 0 aromatic heterocycles. The predicted octanol–water partition coefficient (Wildman–Crippen LogP) is 1.44. The minimum Gasteiger partial charge on any atom is -0.334 e. The number of rotatable bonds is 2. The molecular weight excluding hydrogens is 257 g/mol. The Morgan fingerprint density at radius 1 is 1.40 bits per heavy atom. The molecule has 1 heterocycles. The summed E-state index contributed by atoms with van der Waals surface area (Å²) in [5.41, 5.74) is 6.43. The van der Waals surface area contributed by atoms with E-state index in [4.69, 9.17) is 5.73 Å². The molecule has 2 rings (SSSR count). The van der Waals surface area contributed by atoms with Gasteiger partial charge in [-0.05, 0) is 31.0 Å². The SMILES string of the molecule is NCC#Cc1ccc(F)c(CNC(=O)N2CCCC2)c1. The van der Waals surface area contributed by atoms with E-state index >= 15 is 0 Å². The quantitative estimate of drug-likeness (QED) is 0.802. The molecule has 0 bridgehead atoms. The van der Waals surface area contributed by atoms with Crippen LogP contribution in [0.4, 0.5) is 9.18 Å². The maximum absolute atomic E-state index is 13.7. The number of nitrogens with two attached hydrogens (primary N) is 1. The van der Waals surface area contributed by atoms with Crippen molar-refractivity contribution in [1.29, 1.82) is 0 Å². The van der Waals surface area contributed by atoms with Crippen LogP contribution in [0.3, 0.4) is 0 Å². The molecular formula is C15H18FN3O. The Balaban J connectivity index is 1.99. The average Bonchev–Trinajstić information content (AvgIpc) is 2.99. The van der Waals surface area contributed by atoms with Crippen LogP contribution in [0.5, 0.6) is 0 Å². The van der Waals surface area contributed by atoms with Crippen LogP contribution in [0, 0.1) is 17.7 Å². The van der Waals surface area contributed by atoms with Gasteiger partial charge in [0, 0.05) is 30.8 Å². The molecule has 1 aromatic rings. The van der Waals surface area contributed by atoms with Gasteiger partial charge in [0.2, 0.25) is 0 Å². The highest BCUT2D eigenvalue weighted by Gasteiger charge is 2.17. The van der Waals surface area contributed by atoms with E-state index < -0.39 is 0 Å². The molecule has 106 valence electrons. The molecule has 1 aromatic carbocycles. The summed E-state index contributed by atoms with van der Waals surface area (Å²) < 4.78 is 13.7. The molecule has 1 aliphatic rings. The fourth-order valence-electron chi connectivity index (χ4n) is 2.14. The second-order valence-corrected chi connectivity index (χ2v) is 4.66. The highest BCUT2D eigenvalue weighted by Crippen LogP contribution is 2.11. The van der Waals surface area contributed by atoms with Crippen molar-refractivity contribution in [2.45, 2.75) is 19.4 Å². The third kappa shape index (κ3) is 3.72. The second kappa shape index (κ2) is 6.92. The van der Waals surface area contributed by atoms with Gasteiger partial charge in [-0.15, -0.1) is 0 Å². The molecule has 1 fully saturated rings. The van der Waals surface area contributed by atoms with Crippen LogP contribution in [-0.2, 0) is 6.54 Å². The molecule has 2 amide bonds. The van der Waals surface area contributed by atoms with E-state index in [1.54, 1.807) is 17.0 Å². The smallest absolute Gasteiger partial charge is 0.317 e. The Morgan fingerprint density at radius 2 is 2.15 bits per heavy atom. The normalized spacial score (nSPS) is 13.8. The monoisotopic (exact) mass is 275 g/mol. The fourth-order valence-corrected chi connectivity index (χ4v) is 2.14. The predicted molar refractivity (Wildman–Crippen MR) is 75.4 cm³/mol. The molecule has 1 aliphatic heterocycles. The van der Waals surface area contributed by atoms with E-state index in [1.165, 1.54) is 6.07 Å². The molecule has 3 N–H and O–H groups in total. The van der Waals surface area contributed by atoms with E-state index in [9.17, 15) is 9.18 Å². The molecule has 0 saturated carbocycles. The number of hydrogen-bond acceptors (Lipinski definition) is 2. The summed E-state index contributed by atoms with van der Waals surface area (Å²) in [5, 5.41) is 2.74. The Labute approximate surface area is 118 Å². The van der Waals surface area contributed by atoms with E-state index in [0.717, 1.165) is 25.9 Å². The van der Waals surface area contributed by atoms with Crippen LogP contribution in [0.25, 0.3) is 0 Å². The summed E-state index contributed by atoms with van der Waals surface area (Å²) >= 11 is 0. The number of nitrogens with one attached hydrogen (secondary N) is 1. The lowest BCUT2D eigenvalue weighted by atomic mass is 10.1. The Bertz CT molecular complexity index is 542. The molecule has 20 heavy (non-hydrogen) atoms. The maximum Gasteiger partial charge on any atom is 0.317 e. The second-order valence-electron chi connectivity index (χ2n) is 4.66. The van der Waals surface area contributed by atoms with E-state index in [2.05, 4.69) is 17.2 Å². The first-order valence-corrected chi connectivity index (χ1v) is 6.71. The number of halogens is 1. The molecule has 4 nitrogen and oxygen atoms in total. The lowest BCUT2D eigenvalue weighted by Crippen LogP contribution is -2.37. The van der Waals surface area contributed by atoms with Crippen molar-refractivity contribution < 1.29 is 9.18 Å². The molecule has 0 spiro atoms. The van der Waals surface area contributed by atoms with Gasteiger partial charge in [-0.1, -0.05) is 11.8 Å². The average molecular weight is 275 g/mol. The molecule has 0 unspecified atom stereocenters. The summed E-state index contributed by atoms with van der Waals surface area (Å²) in [6.07, 6.45) is 2.07. The lowest BCUT2D eigenvalue weighted by Gasteiger charge is -2.16. The number of carbonyl (C=O) groups is 1. The maximum atomic E-state index is 13.7. The number of benzene rings is 1. The van der Waals surface area contributed by atoms with Crippen LogP contribution < -0.4 is 11.1 Å². The molecule has 0 radical (unpaired) electrons. The number of carbonyl (C=O) groups excluding carboxylic acids is 1. The number of nitrogens with zero attached hydrogens (tertiary/aromatic N) is 1.